The maximum absolute atomic E-state index is 12.5. The van der Waals surface area contributed by atoms with Gasteiger partial charge in [0, 0.05) is 43.4 Å². The lowest BCUT2D eigenvalue weighted by Crippen LogP contribution is -2.61. The summed E-state index contributed by atoms with van der Waals surface area (Å²) in [7, 11) is 0. The van der Waals surface area contributed by atoms with Gasteiger partial charge in [0.15, 0.2) is 10.7 Å². The third-order valence-corrected chi connectivity index (χ3v) is 8.50. The van der Waals surface area contributed by atoms with E-state index in [2.05, 4.69) is 4.90 Å². The molecular weight excluding hydrogens is 448 g/mol. The lowest BCUT2D eigenvalue weighted by atomic mass is 10.1. The number of hydrogen-bond acceptors (Lipinski definition) is 7. The van der Waals surface area contributed by atoms with Crippen molar-refractivity contribution < 1.29 is 18.7 Å². The molecule has 10 heteroatoms. The first kappa shape index (κ1) is 21.5. The molecule has 2 aromatic carbocycles. The largest absolute Gasteiger partial charge is 0.759 e. The number of thiazole rings is 1. The molecule has 1 aliphatic heterocycles. The monoisotopic (exact) mass is 471 g/mol. The Morgan fingerprint density at radius 3 is 2.44 bits per heavy atom. The molecule has 0 amide bonds. The number of hydrazine groups is 1. The number of aromatic nitrogens is 1. The van der Waals surface area contributed by atoms with E-state index in [1.807, 2.05) is 61.5 Å². The van der Waals surface area contributed by atoms with Gasteiger partial charge < -0.3 is 14.6 Å². The number of benzene rings is 2. The lowest BCUT2D eigenvalue weighted by Gasteiger charge is -2.44. The van der Waals surface area contributed by atoms with Gasteiger partial charge in [-0.3, -0.25) is 9.00 Å². The zero-order chi connectivity index (χ0) is 22.5. The first-order valence-corrected chi connectivity index (χ1v) is 12.3. The molecule has 8 nitrogen and oxygen atoms in total. The van der Waals surface area contributed by atoms with Gasteiger partial charge in [0.25, 0.3) is 0 Å². The molecule has 32 heavy (non-hydrogen) atoms. The third-order valence-electron chi connectivity index (χ3n) is 6.58. The number of piperazine rings is 1. The van der Waals surface area contributed by atoms with Crippen molar-refractivity contribution in [3.63, 3.8) is 0 Å². The molecular formula is C22H23N4O4S2-. The van der Waals surface area contributed by atoms with Crippen molar-refractivity contribution in [1.29, 1.82) is 0 Å². The summed E-state index contributed by atoms with van der Waals surface area (Å²) >= 11 is -1.11. The molecule has 5 rings (SSSR count). The summed E-state index contributed by atoms with van der Waals surface area (Å²) in [5, 5.41) is 12.8. The number of para-hydroxylation sites is 1. The van der Waals surface area contributed by atoms with E-state index in [9.17, 15) is 18.7 Å². The van der Waals surface area contributed by atoms with Crippen LogP contribution in [-0.4, -0.2) is 66.0 Å². The molecule has 1 saturated carbocycles. The normalized spacial score (nSPS) is 27.0. The highest BCUT2D eigenvalue weighted by molar-refractivity contribution is 7.76. The second kappa shape index (κ2) is 8.20. The van der Waals surface area contributed by atoms with Crippen molar-refractivity contribution in [2.24, 2.45) is 5.92 Å². The van der Waals surface area contributed by atoms with Crippen LogP contribution in [0, 0.1) is 5.92 Å². The first-order valence-electron chi connectivity index (χ1n) is 10.5. The van der Waals surface area contributed by atoms with Gasteiger partial charge in [-0.05, 0) is 23.6 Å². The van der Waals surface area contributed by atoms with Crippen LogP contribution in [0.4, 0.5) is 5.13 Å². The summed E-state index contributed by atoms with van der Waals surface area (Å²) in [6.07, 6.45) is 0. The zero-order valence-corrected chi connectivity index (χ0v) is 19.1. The number of rotatable bonds is 6. The fourth-order valence-electron chi connectivity index (χ4n) is 4.97. The van der Waals surface area contributed by atoms with E-state index in [1.54, 1.807) is 16.3 Å². The summed E-state index contributed by atoms with van der Waals surface area (Å²) in [6.45, 7) is 3.73. The number of aliphatic carboxylic acids is 1. The molecule has 3 aromatic rings. The first-order chi connectivity index (χ1) is 15.4. The fourth-order valence-corrected chi connectivity index (χ4v) is 6.94. The van der Waals surface area contributed by atoms with Gasteiger partial charge in [0.1, 0.15) is 0 Å². The van der Waals surface area contributed by atoms with Gasteiger partial charge in [0.05, 0.1) is 10.2 Å². The van der Waals surface area contributed by atoms with Gasteiger partial charge in [0.2, 0.25) is 0 Å². The van der Waals surface area contributed by atoms with Crippen molar-refractivity contribution in [3.05, 3.63) is 60.2 Å². The number of anilines is 1. The second-order valence-electron chi connectivity index (χ2n) is 8.20. The average Bonchev–Trinajstić information content (AvgIpc) is 3.18. The minimum Gasteiger partial charge on any atom is -0.759 e. The molecule has 4 unspecified atom stereocenters. The zero-order valence-electron chi connectivity index (χ0n) is 17.5. The van der Waals surface area contributed by atoms with Gasteiger partial charge in [-0.1, -0.05) is 60.7 Å². The quantitative estimate of drug-likeness (QED) is 0.552. The summed E-state index contributed by atoms with van der Waals surface area (Å²) in [5.74, 6) is -1.86. The Kier molecular flexibility index (Phi) is 5.50. The maximum Gasteiger partial charge on any atom is 0.327 e. The standard InChI is InChI=1S/C22H24N4O4S2/c1-15-19(16-7-3-2-4-8-16)22(15,20(27)28)26(32(29)30)25-13-11-24(12-14-25)21-23-17-9-5-6-10-18(17)31-21/h2-10,15,19H,11-14H2,1H3,(H,27,28)(H,29,30)/p-1. The van der Waals surface area contributed by atoms with E-state index in [0.29, 0.717) is 26.2 Å². The molecule has 2 heterocycles. The highest BCUT2D eigenvalue weighted by Gasteiger charge is 2.73. The molecule has 0 bridgehead atoms. The molecule has 1 saturated heterocycles. The molecule has 1 N–H and O–H groups in total. The van der Waals surface area contributed by atoms with Crippen LogP contribution < -0.4 is 4.90 Å². The number of hydrogen-bond donors (Lipinski definition) is 1. The molecule has 0 radical (unpaired) electrons. The number of carboxylic acid groups (broad SMARTS) is 1. The summed E-state index contributed by atoms with van der Waals surface area (Å²) in [5.41, 5.74) is 0.275. The number of carboxylic acids is 1. The minimum absolute atomic E-state index is 0.345. The Balaban J connectivity index is 1.39. The summed E-state index contributed by atoms with van der Waals surface area (Å²) < 4.78 is 27.0. The molecule has 2 aliphatic rings. The van der Waals surface area contributed by atoms with Crippen LogP contribution in [0.15, 0.2) is 54.6 Å². The van der Waals surface area contributed by atoms with Gasteiger partial charge >= 0.3 is 5.97 Å². The minimum atomic E-state index is -2.71. The molecule has 2 fully saturated rings. The SMILES string of the molecule is CC1C(c2ccccc2)C1(C(=O)O)N(N1CCN(c2nc3ccccc3s2)CC1)S(=O)[O-]. The number of nitrogens with zero attached hydrogens (tertiary/aromatic N) is 4. The van der Waals surface area contributed by atoms with Crippen LogP contribution in [0.25, 0.3) is 10.2 Å². The van der Waals surface area contributed by atoms with Crippen molar-refractivity contribution >= 4 is 43.9 Å². The van der Waals surface area contributed by atoms with Crippen LogP contribution in [0.3, 0.4) is 0 Å². The third kappa shape index (κ3) is 3.34. The maximum atomic E-state index is 12.5. The van der Waals surface area contributed by atoms with Gasteiger partial charge in [-0.2, -0.15) is 4.41 Å². The number of fused-ring (bicyclic) bond motifs is 1. The van der Waals surface area contributed by atoms with E-state index in [-0.39, 0.29) is 5.92 Å². The van der Waals surface area contributed by atoms with Crippen molar-refractivity contribution in [1.82, 2.24) is 14.4 Å². The van der Waals surface area contributed by atoms with Gasteiger partial charge in [-0.15, -0.1) is 0 Å². The fraction of sp³-hybridized carbons (Fsp3) is 0.364. The molecule has 4 atom stereocenters. The lowest BCUT2D eigenvalue weighted by molar-refractivity contribution is -0.150. The van der Waals surface area contributed by atoms with E-state index in [4.69, 9.17) is 4.98 Å². The Bertz CT molecular complexity index is 1130. The smallest absolute Gasteiger partial charge is 0.327 e. The van der Waals surface area contributed by atoms with Crippen molar-refractivity contribution in [2.75, 3.05) is 31.1 Å². The predicted octanol–water partition coefficient (Wildman–Crippen LogP) is 2.69. The molecule has 0 spiro atoms. The van der Waals surface area contributed by atoms with Crippen LogP contribution in [0.2, 0.25) is 0 Å². The van der Waals surface area contributed by atoms with E-state index < -0.39 is 28.7 Å². The molecule has 1 aliphatic carbocycles. The van der Waals surface area contributed by atoms with E-state index in [1.165, 1.54) is 0 Å². The van der Waals surface area contributed by atoms with Crippen LogP contribution in [-0.2, 0) is 16.1 Å². The number of carbonyl (C=O) groups is 1. The average molecular weight is 472 g/mol. The molecule has 168 valence electrons. The van der Waals surface area contributed by atoms with Gasteiger partial charge in [-0.25, -0.2) is 9.99 Å². The van der Waals surface area contributed by atoms with Crippen molar-refractivity contribution in [3.8, 4) is 0 Å². The highest BCUT2D eigenvalue weighted by atomic mass is 32.2. The van der Waals surface area contributed by atoms with Crippen LogP contribution in [0.1, 0.15) is 18.4 Å². The Morgan fingerprint density at radius 2 is 1.81 bits per heavy atom. The summed E-state index contributed by atoms with van der Waals surface area (Å²) in [4.78, 5) is 19.3. The van der Waals surface area contributed by atoms with Crippen LogP contribution in [0.5, 0.6) is 0 Å². The van der Waals surface area contributed by atoms with E-state index >= 15 is 0 Å². The summed E-state index contributed by atoms with van der Waals surface area (Å²) in [6, 6.07) is 17.2. The predicted molar refractivity (Wildman–Crippen MR) is 123 cm³/mol. The molecule has 1 aromatic heterocycles. The van der Waals surface area contributed by atoms with Crippen LogP contribution >= 0.6 is 11.3 Å². The Hall–Kier alpha value is -2.37. The Morgan fingerprint density at radius 1 is 1.16 bits per heavy atom. The van der Waals surface area contributed by atoms with Crippen molar-refractivity contribution in [2.45, 2.75) is 18.4 Å². The Labute approximate surface area is 192 Å². The highest BCUT2D eigenvalue weighted by Crippen LogP contribution is 2.61. The topological polar surface area (TPSA) is 100 Å². The van der Waals surface area contributed by atoms with E-state index in [0.717, 1.165) is 25.3 Å². The second-order valence-corrected chi connectivity index (χ2v) is 9.99.